The molecule has 0 aliphatic rings. The molecule has 1 aromatic carbocycles. The van der Waals surface area contributed by atoms with Crippen LogP contribution in [-0.4, -0.2) is 19.7 Å². The molecule has 0 amide bonds. The topological polar surface area (TPSA) is 48.7 Å². The van der Waals surface area contributed by atoms with Crippen molar-refractivity contribution in [2.24, 2.45) is 0 Å². The highest BCUT2D eigenvalue weighted by Gasteiger charge is 2.17. The minimum atomic E-state index is -0.437. The number of carbonyl (C=O) groups is 1. The molecule has 1 aromatic heterocycles. The fraction of sp³-hybridized carbons (Fsp3) is 0.312. The van der Waals surface area contributed by atoms with Gasteiger partial charge in [-0.15, -0.1) is 0 Å². The summed E-state index contributed by atoms with van der Waals surface area (Å²) in [5.74, 6) is 0.985. The largest absolute Gasteiger partial charge is 0.489 e. The quantitative estimate of drug-likeness (QED) is 0.615. The van der Waals surface area contributed by atoms with E-state index in [0.29, 0.717) is 23.5 Å². The highest BCUT2D eigenvalue weighted by molar-refractivity contribution is 6.03. The molecule has 0 radical (unpaired) electrons. The Kier molecular flexibility index (Phi) is 4.13. The highest BCUT2D eigenvalue weighted by Crippen LogP contribution is 2.29. The van der Waals surface area contributed by atoms with Crippen molar-refractivity contribution in [3.8, 4) is 5.75 Å². The van der Waals surface area contributed by atoms with E-state index in [4.69, 9.17) is 13.9 Å². The molecule has 0 fully saturated rings. The average Bonchev–Trinajstić information content (AvgIpc) is 2.86. The van der Waals surface area contributed by atoms with Crippen LogP contribution in [-0.2, 0) is 11.2 Å². The van der Waals surface area contributed by atoms with Gasteiger partial charge in [0.15, 0.2) is 0 Å². The summed E-state index contributed by atoms with van der Waals surface area (Å²) < 4.78 is 16.1. The Balaban J connectivity index is 2.50. The molecule has 2 aromatic rings. The van der Waals surface area contributed by atoms with Crippen LogP contribution in [0.4, 0.5) is 0 Å². The van der Waals surface area contributed by atoms with Crippen LogP contribution in [0, 0.1) is 0 Å². The normalized spacial score (nSPS) is 10.6. The molecule has 0 atom stereocenters. The van der Waals surface area contributed by atoms with Gasteiger partial charge in [0.1, 0.15) is 29.3 Å². The number of carbonyl (C=O) groups excluding carboxylic acids is 1. The molecule has 4 heteroatoms. The SMILES string of the molecule is C=C(C)COc1cc(C(=O)OC)c2oc(CC)cc2c1. The fourth-order valence-electron chi connectivity index (χ4n) is 1.90. The van der Waals surface area contributed by atoms with Crippen LogP contribution in [0.3, 0.4) is 0 Å². The summed E-state index contributed by atoms with van der Waals surface area (Å²) >= 11 is 0. The first-order chi connectivity index (χ1) is 9.55. The van der Waals surface area contributed by atoms with E-state index in [-0.39, 0.29) is 0 Å². The maximum absolute atomic E-state index is 11.9. The van der Waals surface area contributed by atoms with Crippen LogP contribution in [0.15, 0.2) is 34.8 Å². The zero-order valence-electron chi connectivity index (χ0n) is 12.0. The Hall–Kier alpha value is -2.23. The molecule has 0 aliphatic carbocycles. The molecule has 0 bridgehead atoms. The molecule has 20 heavy (non-hydrogen) atoms. The maximum Gasteiger partial charge on any atom is 0.341 e. The maximum atomic E-state index is 11.9. The number of benzene rings is 1. The first-order valence-electron chi connectivity index (χ1n) is 6.47. The van der Waals surface area contributed by atoms with Crippen molar-refractivity contribution in [3.63, 3.8) is 0 Å². The Labute approximate surface area is 118 Å². The van der Waals surface area contributed by atoms with E-state index < -0.39 is 5.97 Å². The molecule has 0 unspecified atom stereocenters. The van der Waals surface area contributed by atoms with Crippen LogP contribution in [0.1, 0.15) is 30.0 Å². The number of hydrogen-bond donors (Lipinski definition) is 0. The van der Waals surface area contributed by atoms with Gasteiger partial charge in [-0.25, -0.2) is 4.79 Å². The Morgan fingerprint density at radius 2 is 2.10 bits per heavy atom. The third kappa shape index (κ3) is 2.85. The molecule has 0 aliphatic heterocycles. The van der Waals surface area contributed by atoms with Crippen LogP contribution in [0.2, 0.25) is 0 Å². The second kappa shape index (κ2) is 5.82. The minimum absolute atomic E-state index is 0.376. The Morgan fingerprint density at radius 3 is 2.70 bits per heavy atom. The lowest BCUT2D eigenvalue weighted by molar-refractivity contribution is 0.0601. The first-order valence-corrected chi connectivity index (χ1v) is 6.47. The fourth-order valence-corrected chi connectivity index (χ4v) is 1.90. The van der Waals surface area contributed by atoms with Gasteiger partial charge in [0.05, 0.1) is 7.11 Å². The lowest BCUT2D eigenvalue weighted by atomic mass is 10.1. The van der Waals surface area contributed by atoms with Gasteiger partial charge in [0.2, 0.25) is 0 Å². The van der Waals surface area contributed by atoms with Gasteiger partial charge < -0.3 is 13.9 Å². The van der Waals surface area contributed by atoms with Crippen LogP contribution >= 0.6 is 0 Å². The average molecular weight is 274 g/mol. The molecule has 106 valence electrons. The molecule has 0 saturated carbocycles. The lowest BCUT2D eigenvalue weighted by Crippen LogP contribution is -2.03. The summed E-state index contributed by atoms with van der Waals surface area (Å²) in [5.41, 5.74) is 1.82. The van der Waals surface area contributed by atoms with Crippen LogP contribution < -0.4 is 4.74 Å². The van der Waals surface area contributed by atoms with Gasteiger partial charge >= 0.3 is 5.97 Å². The number of aryl methyl sites for hydroxylation is 1. The monoisotopic (exact) mass is 274 g/mol. The number of ether oxygens (including phenoxy) is 2. The Morgan fingerprint density at radius 1 is 1.35 bits per heavy atom. The van der Waals surface area contributed by atoms with Crippen molar-refractivity contribution in [2.75, 3.05) is 13.7 Å². The second-order valence-corrected chi connectivity index (χ2v) is 4.69. The van der Waals surface area contributed by atoms with E-state index in [1.807, 2.05) is 26.0 Å². The van der Waals surface area contributed by atoms with E-state index in [1.165, 1.54) is 7.11 Å². The molecule has 0 saturated heterocycles. The van der Waals surface area contributed by atoms with E-state index >= 15 is 0 Å². The number of methoxy groups -OCH3 is 1. The van der Waals surface area contributed by atoms with Gasteiger partial charge in [0.25, 0.3) is 0 Å². The van der Waals surface area contributed by atoms with Crippen molar-refractivity contribution in [3.05, 3.63) is 41.7 Å². The summed E-state index contributed by atoms with van der Waals surface area (Å²) in [4.78, 5) is 11.9. The molecule has 4 nitrogen and oxygen atoms in total. The highest BCUT2D eigenvalue weighted by atomic mass is 16.5. The van der Waals surface area contributed by atoms with E-state index in [2.05, 4.69) is 6.58 Å². The van der Waals surface area contributed by atoms with E-state index in [0.717, 1.165) is 23.1 Å². The smallest absolute Gasteiger partial charge is 0.341 e. The van der Waals surface area contributed by atoms with Crippen LogP contribution in [0.25, 0.3) is 11.0 Å². The summed E-state index contributed by atoms with van der Waals surface area (Å²) in [6.07, 6.45) is 0.761. The summed E-state index contributed by atoms with van der Waals surface area (Å²) in [6, 6.07) is 5.41. The summed E-state index contributed by atoms with van der Waals surface area (Å²) in [5, 5.41) is 0.835. The third-order valence-corrected chi connectivity index (χ3v) is 2.88. The predicted octanol–water partition coefficient (Wildman–Crippen LogP) is 3.74. The summed E-state index contributed by atoms with van der Waals surface area (Å²) in [7, 11) is 1.35. The standard InChI is InChI=1S/C16H18O4/c1-5-12-6-11-7-13(19-9-10(2)3)8-14(15(11)20-12)16(17)18-4/h6-8H,2,5,9H2,1,3-4H3. The zero-order valence-corrected chi connectivity index (χ0v) is 12.0. The van der Waals surface area contributed by atoms with Gasteiger partial charge in [-0.05, 0) is 30.7 Å². The van der Waals surface area contributed by atoms with Crippen molar-refractivity contribution in [2.45, 2.75) is 20.3 Å². The van der Waals surface area contributed by atoms with Crippen molar-refractivity contribution < 1.29 is 18.7 Å². The van der Waals surface area contributed by atoms with Gasteiger partial charge in [-0.3, -0.25) is 0 Å². The minimum Gasteiger partial charge on any atom is -0.489 e. The first kappa shape index (κ1) is 14.2. The number of hydrogen-bond acceptors (Lipinski definition) is 4. The van der Waals surface area contributed by atoms with Gasteiger partial charge in [0, 0.05) is 11.8 Å². The predicted molar refractivity (Wildman–Crippen MR) is 77.2 cm³/mol. The van der Waals surface area contributed by atoms with E-state index in [9.17, 15) is 4.79 Å². The van der Waals surface area contributed by atoms with Crippen molar-refractivity contribution in [1.82, 2.24) is 0 Å². The number of esters is 1. The summed E-state index contributed by atoms with van der Waals surface area (Å²) in [6.45, 7) is 8.07. The van der Waals surface area contributed by atoms with Gasteiger partial charge in [-0.1, -0.05) is 13.5 Å². The molecular weight excluding hydrogens is 256 g/mol. The molecule has 0 spiro atoms. The number of fused-ring (bicyclic) bond motifs is 1. The van der Waals surface area contributed by atoms with Gasteiger partial charge in [-0.2, -0.15) is 0 Å². The Bertz CT molecular complexity index is 652. The van der Waals surface area contributed by atoms with Crippen molar-refractivity contribution >= 4 is 16.9 Å². The third-order valence-electron chi connectivity index (χ3n) is 2.88. The second-order valence-electron chi connectivity index (χ2n) is 4.69. The van der Waals surface area contributed by atoms with Crippen molar-refractivity contribution in [1.29, 1.82) is 0 Å². The zero-order chi connectivity index (χ0) is 14.7. The van der Waals surface area contributed by atoms with E-state index in [1.54, 1.807) is 6.07 Å². The number of furan rings is 1. The molecular formula is C16H18O4. The number of rotatable bonds is 5. The molecule has 1 heterocycles. The van der Waals surface area contributed by atoms with Crippen LogP contribution in [0.5, 0.6) is 5.75 Å². The molecule has 2 rings (SSSR count). The lowest BCUT2D eigenvalue weighted by Gasteiger charge is -2.08. The molecule has 0 N–H and O–H groups in total.